The second-order valence-electron chi connectivity index (χ2n) is 2.80. The van der Waals surface area contributed by atoms with Gasteiger partial charge in [0.05, 0.1) is 19.8 Å². The van der Waals surface area contributed by atoms with Crippen molar-refractivity contribution in [3.05, 3.63) is 0 Å². The van der Waals surface area contributed by atoms with Gasteiger partial charge in [-0.15, -0.1) is 0 Å². The Kier molecular flexibility index (Phi) is 2.28. The molecule has 60 valence electrons. The highest BCUT2D eigenvalue weighted by Crippen LogP contribution is 2.26. The van der Waals surface area contributed by atoms with Crippen molar-refractivity contribution in [2.24, 2.45) is 5.92 Å². The Balaban J connectivity index is 2.49. The van der Waals surface area contributed by atoms with Crippen molar-refractivity contribution in [1.29, 1.82) is 0 Å². The topological polar surface area (TPSA) is 38.7 Å². The van der Waals surface area contributed by atoms with Gasteiger partial charge in [-0.2, -0.15) is 0 Å². The third-order valence-corrected chi connectivity index (χ3v) is 2.03. The Morgan fingerprint density at radius 3 is 2.40 bits per heavy atom. The lowest BCUT2D eigenvalue weighted by atomic mass is 10.0. The monoisotopic (exact) mass is 146 g/mol. The fraction of sp³-hybridized carbons (Fsp3) is 1.00. The van der Waals surface area contributed by atoms with Gasteiger partial charge < -0.3 is 14.6 Å². The lowest BCUT2D eigenvalue weighted by Crippen LogP contribution is -2.36. The highest BCUT2D eigenvalue weighted by Gasteiger charge is 2.36. The molecule has 0 saturated carbocycles. The number of aliphatic hydroxyl groups excluding tert-OH is 1. The van der Waals surface area contributed by atoms with Gasteiger partial charge in [0.15, 0.2) is 5.79 Å². The van der Waals surface area contributed by atoms with E-state index in [0.29, 0.717) is 13.2 Å². The van der Waals surface area contributed by atoms with Gasteiger partial charge in [-0.3, -0.25) is 0 Å². The van der Waals surface area contributed by atoms with Gasteiger partial charge >= 0.3 is 0 Å². The first-order valence-corrected chi connectivity index (χ1v) is 3.58. The van der Waals surface area contributed by atoms with E-state index in [4.69, 9.17) is 14.6 Å². The molecule has 1 atom stereocenters. The summed E-state index contributed by atoms with van der Waals surface area (Å²) in [6.45, 7) is 5.16. The molecule has 1 unspecified atom stereocenters. The molecule has 0 radical (unpaired) electrons. The summed E-state index contributed by atoms with van der Waals surface area (Å²) in [5.41, 5.74) is 0. The van der Waals surface area contributed by atoms with Crippen molar-refractivity contribution < 1.29 is 14.6 Å². The first-order valence-electron chi connectivity index (χ1n) is 3.58. The highest BCUT2D eigenvalue weighted by molar-refractivity contribution is 4.74. The largest absolute Gasteiger partial charge is 0.396 e. The van der Waals surface area contributed by atoms with E-state index in [1.54, 1.807) is 0 Å². The van der Waals surface area contributed by atoms with Crippen LogP contribution in [0.1, 0.15) is 13.8 Å². The predicted molar refractivity (Wildman–Crippen MR) is 36.6 cm³/mol. The van der Waals surface area contributed by atoms with Crippen molar-refractivity contribution in [1.82, 2.24) is 0 Å². The third-order valence-electron chi connectivity index (χ3n) is 2.03. The van der Waals surface area contributed by atoms with Crippen LogP contribution in [-0.2, 0) is 9.47 Å². The first kappa shape index (κ1) is 7.98. The molecule has 0 aromatic heterocycles. The molecule has 1 saturated heterocycles. The Labute approximate surface area is 60.9 Å². The Morgan fingerprint density at radius 1 is 1.50 bits per heavy atom. The quantitative estimate of drug-likeness (QED) is 0.612. The van der Waals surface area contributed by atoms with Crippen molar-refractivity contribution >= 4 is 0 Å². The number of hydrogen-bond acceptors (Lipinski definition) is 3. The standard InChI is InChI=1S/C7H14O3/c1-6(5-8)7(2)9-3-4-10-7/h6,8H,3-5H2,1-2H3. The molecule has 0 bridgehead atoms. The van der Waals surface area contributed by atoms with Crippen LogP contribution < -0.4 is 0 Å². The maximum Gasteiger partial charge on any atom is 0.170 e. The fourth-order valence-electron chi connectivity index (χ4n) is 0.981. The van der Waals surface area contributed by atoms with Crippen LogP contribution in [0.2, 0.25) is 0 Å². The van der Waals surface area contributed by atoms with E-state index in [1.807, 2.05) is 13.8 Å². The Hall–Kier alpha value is -0.120. The molecule has 3 heteroatoms. The summed E-state index contributed by atoms with van der Waals surface area (Å²) in [4.78, 5) is 0. The van der Waals surface area contributed by atoms with E-state index < -0.39 is 5.79 Å². The molecule has 1 heterocycles. The smallest absolute Gasteiger partial charge is 0.170 e. The van der Waals surface area contributed by atoms with Crippen LogP contribution in [0.25, 0.3) is 0 Å². The molecule has 0 aliphatic carbocycles. The van der Waals surface area contributed by atoms with Crippen LogP contribution in [0.15, 0.2) is 0 Å². The van der Waals surface area contributed by atoms with Crippen LogP contribution in [0, 0.1) is 5.92 Å². The average Bonchev–Trinajstić information content (AvgIpc) is 2.36. The van der Waals surface area contributed by atoms with E-state index in [-0.39, 0.29) is 12.5 Å². The van der Waals surface area contributed by atoms with E-state index in [0.717, 1.165) is 0 Å². The van der Waals surface area contributed by atoms with Crippen molar-refractivity contribution in [3.63, 3.8) is 0 Å². The zero-order chi connectivity index (χ0) is 7.61. The van der Waals surface area contributed by atoms with Crippen LogP contribution in [0.4, 0.5) is 0 Å². The number of rotatable bonds is 2. The van der Waals surface area contributed by atoms with Crippen molar-refractivity contribution in [2.75, 3.05) is 19.8 Å². The maximum atomic E-state index is 8.80. The van der Waals surface area contributed by atoms with E-state index in [1.165, 1.54) is 0 Å². The van der Waals surface area contributed by atoms with E-state index >= 15 is 0 Å². The average molecular weight is 146 g/mol. The first-order chi connectivity index (χ1) is 4.69. The minimum absolute atomic E-state index is 0.0509. The Bertz CT molecular complexity index is 107. The van der Waals surface area contributed by atoms with Gasteiger partial charge in [-0.05, 0) is 6.92 Å². The van der Waals surface area contributed by atoms with E-state index in [9.17, 15) is 0 Å². The lowest BCUT2D eigenvalue weighted by Gasteiger charge is -2.27. The van der Waals surface area contributed by atoms with Crippen LogP contribution in [-0.4, -0.2) is 30.7 Å². The molecular formula is C7H14O3. The molecule has 1 N–H and O–H groups in total. The van der Waals surface area contributed by atoms with Gasteiger partial charge in [-0.25, -0.2) is 0 Å². The molecule has 1 aliphatic heterocycles. The third kappa shape index (κ3) is 1.31. The highest BCUT2D eigenvalue weighted by atomic mass is 16.7. The molecule has 0 spiro atoms. The summed E-state index contributed by atoms with van der Waals surface area (Å²) in [5, 5.41) is 8.80. The summed E-state index contributed by atoms with van der Waals surface area (Å²) < 4.78 is 10.6. The molecule has 1 rings (SSSR count). The second kappa shape index (κ2) is 2.86. The fourth-order valence-corrected chi connectivity index (χ4v) is 0.981. The molecular weight excluding hydrogens is 132 g/mol. The minimum Gasteiger partial charge on any atom is -0.396 e. The number of hydrogen-bond donors (Lipinski definition) is 1. The van der Waals surface area contributed by atoms with Gasteiger partial charge in [-0.1, -0.05) is 6.92 Å². The molecule has 3 nitrogen and oxygen atoms in total. The molecule has 1 aliphatic rings. The van der Waals surface area contributed by atoms with Crippen LogP contribution in [0.3, 0.4) is 0 Å². The van der Waals surface area contributed by atoms with Crippen LogP contribution in [0.5, 0.6) is 0 Å². The molecule has 0 aromatic rings. The summed E-state index contributed by atoms with van der Waals surface area (Å²) in [7, 11) is 0. The minimum atomic E-state index is -0.547. The van der Waals surface area contributed by atoms with Gasteiger partial charge in [0.1, 0.15) is 0 Å². The molecule has 1 fully saturated rings. The van der Waals surface area contributed by atoms with Gasteiger partial charge in [0.25, 0.3) is 0 Å². The number of ether oxygens (including phenoxy) is 2. The zero-order valence-electron chi connectivity index (χ0n) is 6.46. The second-order valence-corrected chi connectivity index (χ2v) is 2.80. The SMILES string of the molecule is CC(CO)C1(C)OCCO1. The molecule has 0 amide bonds. The molecule has 10 heavy (non-hydrogen) atoms. The molecule has 0 aromatic carbocycles. The van der Waals surface area contributed by atoms with Crippen LogP contribution >= 0.6 is 0 Å². The predicted octanol–water partition coefficient (Wildman–Crippen LogP) is 0.378. The van der Waals surface area contributed by atoms with Gasteiger partial charge in [0.2, 0.25) is 0 Å². The maximum absolute atomic E-state index is 8.80. The summed E-state index contributed by atoms with van der Waals surface area (Å²) in [6.07, 6.45) is 0. The Morgan fingerprint density at radius 2 is 2.00 bits per heavy atom. The van der Waals surface area contributed by atoms with Crippen molar-refractivity contribution in [3.8, 4) is 0 Å². The lowest BCUT2D eigenvalue weighted by molar-refractivity contribution is -0.184. The van der Waals surface area contributed by atoms with Crippen molar-refractivity contribution in [2.45, 2.75) is 19.6 Å². The zero-order valence-corrected chi connectivity index (χ0v) is 6.46. The summed E-state index contributed by atoms with van der Waals surface area (Å²) in [6, 6.07) is 0. The summed E-state index contributed by atoms with van der Waals surface area (Å²) in [5.74, 6) is -0.496. The summed E-state index contributed by atoms with van der Waals surface area (Å²) >= 11 is 0. The normalized spacial score (nSPS) is 26.7. The number of aliphatic hydroxyl groups is 1. The van der Waals surface area contributed by atoms with E-state index in [2.05, 4.69) is 0 Å². The van der Waals surface area contributed by atoms with Gasteiger partial charge in [0, 0.05) is 5.92 Å².